The highest BCUT2D eigenvalue weighted by atomic mass is 32.2. The Kier molecular flexibility index (Phi) is 4.59. The molecule has 0 aliphatic rings. The number of hydrogen-bond donors (Lipinski definition) is 0. The molecule has 0 aromatic carbocycles. The monoisotopic (exact) mass is 180 g/mol. The molecule has 0 aromatic heterocycles. The summed E-state index contributed by atoms with van der Waals surface area (Å²) in [4.78, 5) is 0. The molecule has 0 rings (SSSR count). The van der Waals surface area contributed by atoms with Crippen molar-refractivity contribution < 1.29 is 12.6 Å². The van der Waals surface area contributed by atoms with Gasteiger partial charge in [0.05, 0.1) is 21.5 Å². The molecule has 0 heterocycles. The van der Waals surface area contributed by atoms with Gasteiger partial charge in [-0.1, -0.05) is 0 Å². The zero-order chi connectivity index (χ0) is 8.04. The van der Waals surface area contributed by atoms with E-state index in [4.69, 9.17) is 0 Å². The Labute approximate surface area is 64.0 Å². The van der Waals surface area contributed by atoms with Crippen LogP contribution in [0.5, 0.6) is 0 Å². The molecule has 0 bridgehead atoms. The van der Waals surface area contributed by atoms with Crippen molar-refractivity contribution in [2.75, 3.05) is 12.0 Å². The van der Waals surface area contributed by atoms with Gasteiger partial charge in [-0.15, -0.1) is 12.3 Å². The molecule has 0 saturated heterocycles. The van der Waals surface area contributed by atoms with Gasteiger partial charge in [0.2, 0.25) is 0 Å². The maximum atomic E-state index is 10.6. The maximum Gasteiger partial charge on any atom is 0.266 e. The Morgan fingerprint density at radius 1 is 1.70 bits per heavy atom. The van der Waals surface area contributed by atoms with Crippen LogP contribution in [0.25, 0.3) is 0 Å². The third kappa shape index (κ3) is 4.72. The summed E-state index contributed by atoms with van der Waals surface area (Å²) >= 11 is 0. The molecule has 0 fully saturated rings. The van der Waals surface area contributed by atoms with Crippen LogP contribution < -0.4 is 0 Å². The van der Waals surface area contributed by atoms with E-state index in [9.17, 15) is 8.42 Å². The smallest absolute Gasteiger partial charge is 0.266 e. The SMILES string of the molecule is C=C[SiH2]COS(=O)(=O)CC. The fourth-order valence-corrected chi connectivity index (χ4v) is 2.08. The third-order valence-electron chi connectivity index (χ3n) is 0.938. The molecule has 0 atom stereocenters. The molecule has 0 aliphatic heterocycles. The van der Waals surface area contributed by atoms with Gasteiger partial charge in [0, 0.05) is 0 Å². The first kappa shape index (κ1) is 9.87. The summed E-state index contributed by atoms with van der Waals surface area (Å²) in [5, 5.41) is 0. The summed E-state index contributed by atoms with van der Waals surface area (Å²) in [5.41, 5.74) is 1.76. The van der Waals surface area contributed by atoms with Gasteiger partial charge >= 0.3 is 0 Å². The van der Waals surface area contributed by atoms with Gasteiger partial charge in [0.15, 0.2) is 0 Å². The molecule has 0 spiro atoms. The third-order valence-corrected chi connectivity index (χ3v) is 3.32. The van der Waals surface area contributed by atoms with Crippen LogP contribution >= 0.6 is 0 Å². The molecule has 10 heavy (non-hydrogen) atoms. The maximum absolute atomic E-state index is 10.6. The van der Waals surface area contributed by atoms with Crippen LogP contribution in [0.3, 0.4) is 0 Å². The molecule has 0 saturated carbocycles. The highest BCUT2D eigenvalue weighted by Gasteiger charge is 2.04. The highest BCUT2D eigenvalue weighted by Crippen LogP contribution is 1.89. The molecule has 0 amide bonds. The summed E-state index contributed by atoms with van der Waals surface area (Å²) in [6.07, 6.45) is 0.347. The topological polar surface area (TPSA) is 43.4 Å². The van der Waals surface area contributed by atoms with Crippen molar-refractivity contribution in [3.05, 3.63) is 12.3 Å². The van der Waals surface area contributed by atoms with Crippen molar-refractivity contribution in [3.8, 4) is 0 Å². The lowest BCUT2D eigenvalue weighted by Gasteiger charge is -1.98. The Morgan fingerprint density at radius 2 is 2.30 bits per heavy atom. The van der Waals surface area contributed by atoms with Crippen LogP contribution in [-0.4, -0.2) is 29.9 Å². The number of rotatable bonds is 5. The summed E-state index contributed by atoms with van der Waals surface area (Å²) in [6, 6.07) is 0. The molecule has 5 heteroatoms. The average Bonchev–Trinajstić information content (AvgIpc) is 1.89. The van der Waals surface area contributed by atoms with E-state index in [1.54, 1.807) is 12.6 Å². The van der Waals surface area contributed by atoms with E-state index in [1.807, 2.05) is 0 Å². The first-order chi connectivity index (χ1) is 4.62. The highest BCUT2D eigenvalue weighted by molar-refractivity contribution is 7.86. The zero-order valence-electron chi connectivity index (χ0n) is 6.04. The van der Waals surface area contributed by atoms with E-state index in [1.165, 1.54) is 0 Å². The van der Waals surface area contributed by atoms with E-state index in [0.29, 0.717) is 6.23 Å². The summed E-state index contributed by atoms with van der Waals surface area (Å²) < 4.78 is 25.9. The van der Waals surface area contributed by atoms with Gasteiger partial charge in [-0.05, 0) is 6.92 Å². The van der Waals surface area contributed by atoms with Crippen LogP contribution in [0.15, 0.2) is 12.3 Å². The summed E-state index contributed by atoms with van der Waals surface area (Å²) in [6.45, 7) is 5.05. The predicted octanol–water partition coefficient (Wildman–Crippen LogP) is -0.378. The lowest BCUT2D eigenvalue weighted by molar-refractivity contribution is 0.376. The van der Waals surface area contributed by atoms with E-state index in [2.05, 4.69) is 10.8 Å². The Morgan fingerprint density at radius 3 is 2.70 bits per heavy atom. The molecule has 0 aromatic rings. The standard InChI is InChI=1S/C5H12O3SSi/c1-3-9(6,7)8-5-10-4-2/h4H,2-3,5,10H2,1H3. The van der Waals surface area contributed by atoms with E-state index >= 15 is 0 Å². The van der Waals surface area contributed by atoms with Gasteiger partial charge in [-0.3, -0.25) is 4.18 Å². The molecule has 0 N–H and O–H groups in total. The van der Waals surface area contributed by atoms with Crippen LogP contribution in [0.4, 0.5) is 0 Å². The van der Waals surface area contributed by atoms with Gasteiger partial charge in [-0.2, -0.15) is 8.42 Å². The van der Waals surface area contributed by atoms with Crippen LogP contribution in [-0.2, 0) is 14.3 Å². The van der Waals surface area contributed by atoms with Gasteiger partial charge < -0.3 is 0 Å². The molecule has 0 aliphatic carbocycles. The fourth-order valence-electron chi connectivity index (χ4n) is 0.342. The van der Waals surface area contributed by atoms with E-state index in [-0.39, 0.29) is 5.75 Å². The van der Waals surface area contributed by atoms with Crippen molar-refractivity contribution >= 4 is 19.6 Å². The minimum Gasteiger partial charge on any atom is -0.274 e. The largest absolute Gasteiger partial charge is 0.274 e. The van der Waals surface area contributed by atoms with Crippen molar-refractivity contribution in [1.82, 2.24) is 0 Å². The van der Waals surface area contributed by atoms with E-state index < -0.39 is 19.6 Å². The van der Waals surface area contributed by atoms with Gasteiger partial charge in [-0.25, -0.2) is 0 Å². The lowest BCUT2D eigenvalue weighted by Crippen LogP contribution is -2.11. The second-order valence-corrected chi connectivity index (χ2v) is 5.24. The van der Waals surface area contributed by atoms with Crippen molar-refractivity contribution in [1.29, 1.82) is 0 Å². The molecule has 3 nitrogen and oxygen atoms in total. The predicted molar refractivity (Wildman–Crippen MR) is 44.2 cm³/mol. The number of hydrogen-bond acceptors (Lipinski definition) is 3. The Hall–Kier alpha value is -0.133. The van der Waals surface area contributed by atoms with E-state index in [0.717, 1.165) is 0 Å². The second-order valence-electron chi connectivity index (χ2n) is 1.75. The lowest BCUT2D eigenvalue weighted by atomic mass is 11.0. The van der Waals surface area contributed by atoms with Crippen LogP contribution in [0.2, 0.25) is 0 Å². The minimum atomic E-state index is -3.20. The first-order valence-electron chi connectivity index (χ1n) is 3.10. The quantitative estimate of drug-likeness (QED) is 0.329. The van der Waals surface area contributed by atoms with Crippen molar-refractivity contribution in [2.24, 2.45) is 0 Å². The van der Waals surface area contributed by atoms with Crippen LogP contribution in [0, 0.1) is 0 Å². The second kappa shape index (κ2) is 4.65. The zero-order valence-corrected chi connectivity index (χ0v) is 8.27. The fraction of sp³-hybridized carbons (Fsp3) is 0.600. The van der Waals surface area contributed by atoms with Gasteiger partial charge in [0.1, 0.15) is 0 Å². The molecular formula is C5H12O3SSi. The molecule has 0 unspecified atom stereocenters. The van der Waals surface area contributed by atoms with Crippen molar-refractivity contribution in [3.63, 3.8) is 0 Å². The molecule has 60 valence electrons. The Bertz CT molecular complexity index is 185. The molecule has 0 radical (unpaired) electrons. The molecular weight excluding hydrogens is 168 g/mol. The average molecular weight is 180 g/mol. The first-order valence-corrected chi connectivity index (χ1v) is 6.49. The minimum absolute atomic E-state index is 0.0541. The van der Waals surface area contributed by atoms with Gasteiger partial charge in [0.25, 0.3) is 10.1 Å². The van der Waals surface area contributed by atoms with Crippen molar-refractivity contribution in [2.45, 2.75) is 6.92 Å². The van der Waals surface area contributed by atoms with Crippen LogP contribution in [0.1, 0.15) is 6.92 Å². The summed E-state index contributed by atoms with van der Waals surface area (Å²) in [7, 11) is -3.71. The normalized spacial score (nSPS) is 12.5. The Balaban J connectivity index is 3.58. The summed E-state index contributed by atoms with van der Waals surface area (Å²) in [5.74, 6) is 0.0541.